The standard InChI is InChI=1S/C18H28N2O3/c1-14(2)17(21)11-18(22)19-12-15-3-5-16(6-4-15)13-20-7-9-23-10-8-20/h3-6,14,17,21H,7-13H2,1-2H3,(H,19,22). The first-order valence-corrected chi connectivity index (χ1v) is 8.37. The van der Waals surface area contributed by atoms with E-state index >= 15 is 0 Å². The molecule has 1 aromatic carbocycles. The fraction of sp³-hybridized carbons (Fsp3) is 0.611. The molecular weight excluding hydrogens is 292 g/mol. The lowest BCUT2D eigenvalue weighted by Gasteiger charge is -2.26. The summed E-state index contributed by atoms with van der Waals surface area (Å²) >= 11 is 0. The molecule has 5 heteroatoms. The summed E-state index contributed by atoms with van der Waals surface area (Å²) < 4.78 is 5.35. The highest BCUT2D eigenvalue weighted by Crippen LogP contribution is 2.10. The Bertz CT molecular complexity index is 482. The highest BCUT2D eigenvalue weighted by molar-refractivity contribution is 5.76. The lowest BCUT2D eigenvalue weighted by Crippen LogP contribution is -2.35. The smallest absolute Gasteiger partial charge is 0.222 e. The van der Waals surface area contributed by atoms with E-state index in [0.717, 1.165) is 38.4 Å². The van der Waals surface area contributed by atoms with Gasteiger partial charge in [0.25, 0.3) is 0 Å². The number of rotatable bonds is 7. The Morgan fingerprint density at radius 1 is 1.22 bits per heavy atom. The largest absolute Gasteiger partial charge is 0.392 e. The molecule has 1 aromatic rings. The number of ether oxygens (including phenoxy) is 1. The number of nitrogens with zero attached hydrogens (tertiary/aromatic N) is 1. The fourth-order valence-electron chi connectivity index (χ4n) is 2.48. The SMILES string of the molecule is CC(C)C(O)CC(=O)NCc1ccc(CN2CCOCC2)cc1. The van der Waals surface area contributed by atoms with Crippen LogP contribution in [-0.4, -0.2) is 48.3 Å². The molecule has 0 saturated carbocycles. The first-order chi connectivity index (χ1) is 11.0. The van der Waals surface area contributed by atoms with Gasteiger partial charge in [0, 0.05) is 26.2 Å². The Kier molecular flexibility index (Phi) is 7.02. The van der Waals surface area contributed by atoms with Crippen LogP contribution in [0.4, 0.5) is 0 Å². The molecule has 1 saturated heterocycles. The molecule has 23 heavy (non-hydrogen) atoms. The number of benzene rings is 1. The third-order valence-corrected chi connectivity index (χ3v) is 4.19. The molecule has 2 N–H and O–H groups in total. The minimum atomic E-state index is -0.578. The lowest BCUT2D eigenvalue weighted by atomic mass is 10.0. The number of hydrogen-bond acceptors (Lipinski definition) is 4. The second-order valence-corrected chi connectivity index (χ2v) is 6.50. The highest BCUT2D eigenvalue weighted by Gasteiger charge is 2.14. The second kappa shape index (κ2) is 9.01. The van der Waals surface area contributed by atoms with E-state index in [0.29, 0.717) is 6.54 Å². The third-order valence-electron chi connectivity index (χ3n) is 4.19. The van der Waals surface area contributed by atoms with Crippen LogP contribution in [0.25, 0.3) is 0 Å². The van der Waals surface area contributed by atoms with Crippen LogP contribution in [0.15, 0.2) is 24.3 Å². The average molecular weight is 320 g/mol. The van der Waals surface area contributed by atoms with Crippen molar-refractivity contribution in [1.29, 1.82) is 0 Å². The van der Waals surface area contributed by atoms with Crippen molar-refractivity contribution in [3.8, 4) is 0 Å². The zero-order valence-electron chi connectivity index (χ0n) is 14.1. The second-order valence-electron chi connectivity index (χ2n) is 6.50. The van der Waals surface area contributed by atoms with Crippen molar-refractivity contribution in [2.45, 2.75) is 39.5 Å². The maximum atomic E-state index is 11.8. The summed E-state index contributed by atoms with van der Waals surface area (Å²) in [5.41, 5.74) is 2.35. The van der Waals surface area contributed by atoms with E-state index < -0.39 is 6.10 Å². The molecule has 1 heterocycles. The monoisotopic (exact) mass is 320 g/mol. The van der Waals surface area contributed by atoms with Gasteiger partial charge >= 0.3 is 0 Å². The molecular formula is C18H28N2O3. The van der Waals surface area contributed by atoms with Crippen molar-refractivity contribution in [3.05, 3.63) is 35.4 Å². The first-order valence-electron chi connectivity index (χ1n) is 8.37. The number of aliphatic hydroxyl groups is 1. The molecule has 1 aliphatic rings. The predicted molar refractivity (Wildman–Crippen MR) is 89.8 cm³/mol. The van der Waals surface area contributed by atoms with E-state index in [4.69, 9.17) is 4.74 Å². The number of aliphatic hydroxyl groups excluding tert-OH is 1. The summed E-state index contributed by atoms with van der Waals surface area (Å²) in [6.45, 7) is 8.85. The normalized spacial score (nSPS) is 17.2. The lowest BCUT2D eigenvalue weighted by molar-refractivity contribution is -0.123. The van der Waals surface area contributed by atoms with Gasteiger partial charge in [0.1, 0.15) is 0 Å². The van der Waals surface area contributed by atoms with Crippen LogP contribution in [0.1, 0.15) is 31.4 Å². The number of morpholine rings is 1. The minimum absolute atomic E-state index is 0.0974. The van der Waals surface area contributed by atoms with Crippen molar-refractivity contribution in [3.63, 3.8) is 0 Å². The summed E-state index contributed by atoms with van der Waals surface area (Å²) in [6, 6.07) is 8.32. The Morgan fingerprint density at radius 2 is 1.83 bits per heavy atom. The zero-order chi connectivity index (χ0) is 16.7. The van der Waals surface area contributed by atoms with Crippen LogP contribution in [0, 0.1) is 5.92 Å². The number of nitrogens with one attached hydrogen (secondary N) is 1. The first kappa shape index (κ1) is 17.9. The molecule has 2 rings (SSSR count). The molecule has 1 atom stereocenters. The van der Waals surface area contributed by atoms with E-state index in [-0.39, 0.29) is 18.2 Å². The molecule has 1 fully saturated rings. The van der Waals surface area contributed by atoms with Crippen molar-refractivity contribution in [2.24, 2.45) is 5.92 Å². The van der Waals surface area contributed by atoms with Gasteiger partial charge in [0.05, 0.1) is 25.7 Å². The Labute approximate surface area is 138 Å². The average Bonchev–Trinajstić information content (AvgIpc) is 2.55. The molecule has 0 bridgehead atoms. The summed E-state index contributed by atoms with van der Waals surface area (Å²) in [6.07, 6.45) is -0.418. The molecule has 1 amide bonds. The van der Waals surface area contributed by atoms with Gasteiger partial charge in [0.15, 0.2) is 0 Å². The Morgan fingerprint density at radius 3 is 2.43 bits per heavy atom. The predicted octanol–water partition coefficient (Wildman–Crippen LogP) is 1.54. The van der Waals surface area contributed by atoms with E-state index in [1.807, 2.05) is 13.8 Å². The van der Waals surface area contributed by atoms with E-state index in [1.165, 1.54) is 5.56 Å². The third kappa shape index (κ3) is 6.29. The number of amides is 1. The number of carbonyl (C=O) groups is 1. The minimum Gasteiger partial charge on any atom is -0.392 e. The maximum absolute atomic E-state index is 11.8. The Balaban J connectivity index is 1.75. The Hall–Kier alpha value is -1.43. The van der Waals surface area contributed by atoms with Crippen LogP contribution in [0.3, 0.4) is 0 Å². The molecule has 0 aromatic heterocycles. The quantitative estimate of drug-likeness (QED) is 0.800. The van der Waals surface area contributed by atoms with Gasteiger partial charge in [-0.1, -0.05) is 38.1 Å². The summed E-state index contributed by atoms with van der Waals surface area (Å²) in [4.78, 5) is 14.2. The number of hydrogen-bond donors (Lipinski definition) is 2. The molecule has 1 aliphatic heterocycles. The van der Waals surface area contributed by atoms with Crippen LogP contribution in [0.2, 0.25) is 0 Å². The summed E-state index contributed by atoms with van der Waals surface area (Å²) in [5, 5.41) is 12.6. The fourth-order valence-corrected chi connectivity index (χ4v) is 2.48. The van der Waals surface area contributed by atoms with Crippen LogP contribution in [0.5, 0.6) is 0 Å². The van der Waals surface area contributed by atoms with E-state index in [1.54, 1.807) is 0 Å². The topological polar surface area (TPSA) is 61.8 Å². The van der Waals surface area contributed by atoms with Gasteiger partial charge in [-0.2, -0.15) is 0 Å². The van der Waals surface area contributed by atoms with Crippen LogP contribution >= 0.6 is 0 Å². The van der Waals surface area contributed by atoms with Crippen LogP contribution < -0.4 is 5.32 Å². The van der Waals surface area contributed by atoms with E-state index in [9.17, 15) is 9.90 Å². The molecule has 1 unspecified atom stereocenters. The van der Waals surface area contributed by atoms with Gasteiger partial charge in [-0.25, -0.2) is 0 Å². The number of carbonyl (C=O) groups excluding carboxylic acids is 1. The van der Waals surface area contributed by atoms with Crippen LogP contribution in [-0.2, 0) is 22.6 Å². The van der Waals surface area contributed by atoms with Crippen molar-refractivity contribution in [2.75, 3.05) is 26.3 Å². The van der Waals surface area contributed by atoms with Crippen molar-refractivity contribution in [1.82, 2.24) is 10.2 Å². The van der Waals surface area contributed by atoms with Gasteiger partial charge in [-0.15, -0.1) is 0 Å². The zero-order valence-corrected chi connectivity index (χ0v) is 14.1. The summed E-state index contributed by atoms with van der Waals surface area (Å²) in [7, 11) is 0. The molecule has 0 radical (unpaired) electrons. The van der Waals surface area contributed by atoms with Gasteiger partial charge < -0.3 is 15.2 Å². The maximum Gasteiger partial charge on any atom is 0.222 e. The van der Waals surface area contributed by atoms with Crippen molar-refractivity contribution < 1.29 is 14.6 Å². The molecule has 0 aliphatic carbocycles. The molecule has 128 valence electrons. The molecule has 0 spiro atoms. The van der Waals surface area contributed by atoms with E-state index in [2.05, 4.69) is 34.5 Å². The molecule has 5 nitrogen and oxygen atoms in total. The highest BCUT2D eigenvalue weighted by atomic mass is 16.5. The van der Waals surface area contributed by atoms with Crippen molar-refractivity contribution >= 4 is 5.91 Å². The van der Waals surface area contributed by atoms with Gasteiger partial charge in [-0.05, 0) is 17.0 Å². The van der Waals surface area contributed by atoms with Gasteiger partial charge in [0.2, 0.25) is 5.91 Å². The summed E-state index contributed by atoms with van der Waals surface area (Å²) in [5.74, 6) is -0.0104. The van der Waals surface area contributed by atoms with Gasteiger partial charge in [-0.3, -0.25) is 9.69 Å².